The molecule has 3 rings (SSSR count). The van der Waals surface area contributed by atoms with E-state index in [-0.39, 0.29) is 35.8 Å². The average Bonchev–Trinajstić information content (AvgIpc) is 3.00. The van der Waals surface area contributed by atoms with E-state index in [9.17, 15) is 19.7 Å². The molecule has 1 aliphatic heterocycles. The van der Waals surface area contributed by atoms with Gasteiger partial charge in [0.05, 0.1) is 18.6 Å². The summed E-state index contributed by atoms with van der Waals surface area (Å²) in [7, 11) is 1.36. The van der Waals surface area contributed by atoms with Crippen molar-refractivity contribution in [1.29, 1.82) is 0 Å². The summed E-state index contributed by atoms with van der Waals surface area (Å²) in [6.45, 7) is 0.0208. The summed E-state index contributed by atoms with van der Waals surface area (Å²) in [5, 5.41) is 13.7. The highest BCUT2D eigenvalue weighted by Gasteiger charge is 2.46. The van der Waals surface area contributed by atoms with Crippen LogP contribution in [0, 0.1) is 16.0 Å². The van der Waals surface area contributed by atoms with E-state index in [1.807, 2.05) is 4.90 Å². The summed E-state index contributed by atoms with van der Waals surface area (Å²) in [4.78, 5) is 37.2. The van der Waals surface area contributed by atoms with E-state index < -0.39 is 11.0 Å². The number of rotatable bonds is 5. The van der Waals surface area contributed by atoms with Gasteiger partial charge in [-0.3, -0.25) is 24.6 Å². The summed E-state index contributed by atoms with van der Waals surface area (Å²) in [5.41, 5.74) is 0.0128. The summed E-state index contributed by atoms with van der Waals surface area (Å²) in [6, 6.07) is 5.79. The summed E-state index contributed by atoms with van der Waals surface area (Å²) in [6.07, 6.45) is 4.94. The molecule has 0 spiro atoms. The fourth-order valence-electron chi connectivity index (χ4n) is 4.24. The number of fused-ring (bicyclic) bond motifs is 1. The van der Waals surface area contributed by atoms with Crippen LogP contribution in [0.3, 0.4) is 0 Å². The number of carbonyl (C=O) groups is 2. The van der Waals surface area contributed by atoms with Crippen molar-refractivity contribution in [3.63, 3.8) is 0 Å². The van der Waals surface area contributed by atoms with Gasteiger partial charge in [-0.15, -0.1) is 0 Å². The second-order valence-electron chi connectivity index (χ2n) is 6.88. The highest BCUT2D eigenvalue weighted by molar-refractivity contribution is 5.94. The molecule has 1 aliphatic carbocycles. The fraction of sp³-hybridized carbons (Fsp3) is 0.556. The number of hydrogen-bond donors (Lipinski definition) is 1. The van der Waals surface area contributed by atoms with Crippen LogP contribution in [0.2, 0.25) is 0 Å². The van der Waals surface area contributed by atoms with Gasteiger partial charge in [0.15, 0.2) is 0 Å². The average molecular weight is 361 g/mol. The molecule has 1 saturated carbocycles. The largest absolute Gasteiger partial charge is 0.468 e. The molecule has 3 atom stereocenters. The number of nitro benzene ring substituents is 1. The van der Waals surface area contributed by atoms with E-state index in [2.05, 4.69) is 5.32 Å². The lowest BCUT2D eigenvalue weighted by molar-refractivity contribution is -0.383. The Kier molecular flexibility index (Phi) is 5.51. The number of nitrogens with one attached hydrogen (secondary N) is 1. The highest BCUT2D eigenvalue weighted by Crippen LogP contribution is 2.40. The Morgan fingerprint density at radius 3 is 2.77 bits per heavy atom. The molecule has 1 N–H and O–H groups in total. The molecular formula is C18H23N3O5. The maximum absolute atomic E-state index is 12.5. The third kappa shape index (κ3) is 3.70. The Morgan fingerprint density at radius 1 is 1.31 bits per heavy atom. The zero-order chi connectivity index (χ0) is 18.7. The molecule has 0 radical (unpaired) electrons. The quantitative estimate of drug-likeness (QED) is 0.491. The third-order valence-corrected chi connectivity index (χ3v) is 5.40. The van der Waals surface area contributed by atoms with Crippen molar-refractivity contribution >= 4 is 23.3 Å². The predicted octanol–water partition coefficient (Wildman–Crippen LogP) is 2.34. The highest BCUT2D eigenvalue weighted by atomic mass is 16.6. The molecule has 8 nitrogen and oxygen atoms in total. The Bertz CT molecular complexity index is 708. The number of para-hydroxylation sites is 2. The number of benzene rings is 1. The number of nitro groups is 1. The van der Waals surface area contributed by atoms with Gasteiger partial charge in [-0.2, -0.15) is 0 Å². The minimum absolute atomic E-state index is 0.0208. The second kappa shape index (κ2) is 7.82. The maximum Gasteiger partial charge on any atom is 0.323 e. The summed E-state index contributed by atoms with van der Waals surface area (Å²) >= 11 is 0. The van der Waals surface area contributed by atoms with Crippen LogP contribution >= 0.6 is 0 Å². The second-order valence-corrected chi connectivity index (χ2v) is 6.88. The smallest absolute Gasteiger partial charge is 0.323 e. The molecule has 1 amide bonds. The van der Waals surface area contributed by atoms with Crippen molar-refractivity contribution in [3.8, 4) is 0 Å². The first-order valence-corrected chi connectivity index (χ1v) is 8.88. The topological polar surface area (TPSA) is 102 Å². The molecule has 26 heavy (non-hydrogen) atoms. The minimum Gasteiger partial charge on any atom is -0.468 e. The molecule has 1 aromatic carbocycles. The Balaban J connectivity index is 1.74. The van der Waals surface area contributed by atoms with Gasteiger partial charge in [-0.05, 0) is 31.2 Å². The van der Waals surface area contributed by atoms with Crippen LogP contribution in [0.1, 0.15) is 32.1 Å². The van der Waals surface area contributed by atoms with Gasteiger partial charge in [0, 0.05) is 12.1 Å². The molecule has 1 aromatic rings. The van der Waals surface area contributed by atoms with E-state index in [4.69, 9.17) is 4.74 Å². The SMILES string of the molecule is COC(=O)C1CC2CCCCC2N1CC(=O)Nc1ccccc1[N+](=O)[O-]. The molecule has 0 bridgehead atoms. The van der Waals surface area contributed by atoms with Crippen LogP contribution in [-0.2, 0) is 14.3 Å². The Hall–Kier alpha value is -2.48. The molecule has 0 aromatic heterocycles. The lowest BCUT2D eigenvalue weighted by atomic mass is 9.85. The van der Waals surface area contributed by atoms with E-state index in [0.29, 0.717) is 12.3 Å². The molecule has 3 unspecified atom stereocenters. The molecule has 2 aliphatic rings. The standard InChI is InChI=1S/C18H23N3O5/c1-26-18(23)16-10-12-6-2-4-8-14(12)20(16)11-17(22)19-13-7-3-5-9-15(13)21(24)25/h3,5,7,9,12,14,16H,2,4,6,8,10-11H2,1H3,(H,19,22). The number of nitrogens with zero attached hydrogens (tertiary/aromatic N) is 2. The number of ether oxygens (including phenoxy) is 1. The molecule has 140 valence electrons. The van der Waals surface area contributed by atoms with Gasteiger partial charge in [0.2, 0.25) is 5.91 Å². The number of anilines is 1. The predicted molar refractivity (Wildman–Crippen MR) is 94.6 cm³/mol. The number of hydrogen-bond acceptors (Lipinski definition) is 6. The van der Waals surface area contributed by atoms with Crippen LogP contribution in [0.15, 0.2) is 24.3 Å². The van der Waals surface area contributed by atoms with Crippen LogP contribution in [0.25, 0.3) is 0 Å². The van der Waals surface area contributed by atoms with Gasteiger partial charge in [0.1, 0.15) is 11.7 Å². The van der Waals surface area contributed by atoms with E-state index in [0.717, 1.165) is 25.7 Å². The number of amides is 1. The molecule has 2 fully saturated rings. The van der Waals surface area contributed by atoms with Gasteiger partial charge in [-0.25, -0.2) is 0 Å². The van der Waals surface area contributed by atoms with Crippen LogP contribution in [0.4, 0.5) is 11.4 Å². The first-order valence-electron chi connectivity index (χ1n) is 8.88. The number of esters is 1. The van der Waals surface area contributed by atoms with E-state index >= 15 is 0 Å². The van der Waals surface area contributed by atoms with Gasteiger partial charge < -0.3 is 10.1 Å². The van der Waals surface area contributed by atoms with Gasteiger partial charge in [0.25, 0.3) is 5.69 Å². The maximum atomic E-state index is 12.5. The number of carbonyl (C=O) groups excluding carboxylic acids is 2. The van der Waals surface area contributed by atoms with E-state index in [1.54, 1.807) is 12.1 Å². The van der Waals surface area contributed by atoms with Crippen molar-refractivity contribution in [2.45, 2.75) is 44.2 Å². The van der Waals surface area contributed by atoms with Crippen molar-refractivity contribution in [2.75, 3.05) is 19.0 Å². The van der Waals surface area contributed by atoms with E-state index in [1.165, 1.54) is 19.2 Å². The van der Waals surface area contributed by atoms with Crippen LogP contribution < -0.4 is 5.32 Å². The zero-order valence-electron chi connectivity index (χ0n) is 14.7. The summed E-state index contributed by atoms with van der Waals surface area (Å²) < 4.78 is 4.92. The van der Waals surface area contributed by atoms with Crippen LogP contribution in [0.5, 0.6) is 0 Å². The minimum atomic E-state index is -0.528. The lowest BCUT2D eigenvalue weighted by Crippen LogP contribution is -2.46. The first kappa shape index (κ1) is 18.3. The number of methoxy groups -OCH3 is 1. The normalized spacial score (nSPS) is 25.3. The van der Waals surface area contributed by atoms with Crippen molar-refractivity contribution in [1.82, 2.24) is 4.90 Å². The number of likely N-dealkylation sites (tertiary alicyclic amines) is 1. The zero-order valence-corrected chi connectivity index (χ0v) is 14.7. The van der Waals surface area contributed by atoms with Crippen molar-refractivity contribution < 1.29 is 19.2 Å². The molecule has 8 heteroatoms. The Labute approximate surface area is 151 Å². The van der Waals surface area contributed by atoms with Gasteiger partial charge in [-0.1, -0.05) is 25.0 Å². The third-order valence-electron chi connectivity index (χ3n) is 5.40. The van der Waals surface area contributed by atoms with Crippen LogP contribution in [-0.4, -0.2) is 47.4 Å². The monoisotopic (exact) mass is 361 g/mol. The molecular weight excluding hydrogens is 338 g/mol. The van der Waals surface area contributed by atoms with Crippen molar-refractivity contribution in [3.05, 3.63) is 34.4 Å². The Morgan fingerprint density at radius 2 is 2.04 bits per heavy atom. The fourth-order valence-corrected chi connectivity index (χ4v) is 4.24. The lowest BCUT2D eigenvalue weighted by Gasteiger charge is -2.32. The molecule has 1 heterocycles. The van der Waals surface area contributed by atoms with Gasteiger partial charge >= 0.3 is 5.97 Å². The first-order chi connectivity index (χ1) is 12.5. The summed E-state index contributed by atoms with van der Waals surface area (Å²) in [5.74, 6) is -0.288. The van der Waals surface area contributed by atoms with Crippen molar-refractivity contribution in [2.24, 2.45) is 5.92 Å². The molecule has 1 saturated heterocycles.